The lowest BCUT2D eigenvalue weighted by Crippen LogP contribution is -2.51. The quantitative estimate of drug-likeness (QED) is 0.517. The Kier molecular flexibility index (Phi) is 5.52. The van der Waals surface area contributed by atoms with E-state index in [1.54, 1.807) is 6.08 Å². The second-order valence-corrected chi connectivity index (χ2v) is 10.1. The number of fused-ring (bicyclic) bond motifs is 2. The van der Waals surface area contributed by atoms with Crippen LogP contribution in [0.2, 0.25) is 0 Å². The van der Waals surface area contributed by atoms with E-state index in [1.807, 2.05) is 17.1 Å². The number of aliphatic imine (C=N–C) groups is 2. The number of carbonyl (C=O) groups excluding carboxylic acids is 2. The highest BCUT2D eigenvalue weighted by atomic mass is 19.1. The summed E-state index contributed by atoms with van der Waals surface area (Å²) >= 11 is 0. The van der Waals surface area contributed by atoms with Crippen LogP contribution in [-0.4, -0.2) is 90.9 Å². The van der Waals surface area contributed by atoms with Crippen molar-refractivity contribution in [3.63, 3.8) is 0 Å². The van der Waals surface area contributed by atoms with Gasteiger partial charge in [-0.1, -0.05) is 18.9 Å². The van der Waals surface area contributed by atoms with Gasteiger partial charge in [-0.25, -0.2) is 4.39 Å². The van der Waals surface area contributed by atoms with Gasteiger partial charge in [0.1, 0.15) is 17.4 Å². The van der Waals surface area contributed by atoms with Crippen LogP contribution in [0.1, 0.15) is 32.1 Å². The Morgan fingerprint density at radius 3 is 2.65 bits per heavy atom. The fourth-order valence-corrected chi connectivity index (χ4v) is 6.46. The first kappa shape index (κ1) is 21.9. The molecule has 34 heavy (non-hydrogen) atoms. The fraction of sp³-hybridized carbons (Fsp3) is 0.667. The topological polar surface area (TPSA) is 101 Å². The van der Waals surface area contributed by atoms with E-state index in [1.165, 1.54) is 0 Å². The SMILES string of the molecule is O=C1NCCC12C(=O)N(C1CCCC1)C1=NC(NC3=CC(F)C(N4CCNCC4)C=C3)=NCC12. The van der Waals surface area contributed by atoms with E-state index in [0.717, 1.165) is 51.9 Å². The number of piperazine rings is 1. The monoisotopic (exact) mass is 469 g/mol. The van der Waals surface area contributed by atoms with Gasteiger partial charge in [-0.3, -0.25) is 24.4 Å². The van der Waals surface area contributed by atoms with Crippen LogP contribution in [0.4, 0.5) is 4.39 Å². The van der Waals surface area contributed by atoms with Crippen LogP contribution < -0.4 is 16.0 Å². The van der Waals surface area contributed by atoms with Gasteiger partial charge in [0, 0.05) is 44.5 Å². The van der Waals surface area contributed by atoms with E-state index < -0.39 is 11.6 Å². The number of nitrogens with one attached hydrogen (secondary N) is 3. The van der Waals surface area contributed by atoms with Crippen LogP contribution in [0.15, 0.2) is 33.9 Å². The average molecular weight is 470 g/mol. The highest BCUT2D eigenvalue weighted by molar-refractivity contribution is 6.22. The van der Waals surface area contributed by atoms with Crippen molar-refractivity contribution in [2.75, 3.05) is 39.3 Å². The van der Waals surface area contributed by atoms with E-state index in [0.29, 0.717) is 37.0 Å². The smallest absolute Gasteiger partial charge is 0.244 e. The summed E-state index contributed by atoms with van der Waals surface area (Å²) < 4.78 is 15.0. The summed E-state index contributed by atoms with van der Waals surface area (Å²) in [7, 11) is 0. The van der Waals surface area contributed by atoms with Crippen molar-refractivity contribution in [2.24, 2.45) is 21.3 Å². The molecule has 2 aliphatic carbocycles. The second kappa shape index (κ2) is 8.57. The summed E-state index contributed by atoms with van der Waals surface area (Å²) in [5.74, 6) is 0.382. The lowest BCUT2D eigenvalue weighted by Gasteiger charge is -2.35. The molecule has 0 bridgehead atoms. The third-order valence-corrected chi connectivity index (χ3v) is 8.27. The van der Waals surface area contributed by atoms with E-state index in [4.69, 9.17) is 4.99 Å². The zero-order chi connectivity index (χ0) is 23.3. The summed E-state index contributed by atoms with van der Waals surface area (Å²) in [5.41, 5.74) is -0.466. The van der Waals surface area contributed by atoms with Gasteiger partial charge in [-0.2, -0.15) is 4.99 Å². The third-order valence-electron chi connectivity index (χ3n) is 8.27. The van der Waals surface area contributed by atoms with E-state index in [2.05, 4.69) is 25.8 Å². The van der Waals surface area contributed by atoms with E-state index in [-0.39, 0.29) is 29.8 Å². The van der Waals surface area contributed by atoms with Crippen molar-refractivity contribution in [2.45, 2.75) is 50.4 Å². The molecule has 1 spiro atoms. The number of amidine groups is 1. The highest BCUT2D eigenvalue weighted by Crippen LogP contribution is 2.47. The molecule has 3 N–H and O–H groups in total. The molecule has 10 heteroatoms. The van der Waals surface area contributed by atoms with E-state index >= 15 is 4.39 Å². The maximum atomic E-state index is 15.0. The van der Waals surface area contributed by atoms with Crippen LogP contribution in [0, 0.1) is 11.3 Å². The van der Waals surface area contributed by atoms with Crippen LogP contribution >= 0.6 is 0 Å². The van der Waals surface area contributed by atoms with Crippen molar-refractivity contribution < 1.29 is 14.0 Å². The largest absolute Gasteiger partial charge is 0.355 e. The number of likely N-dealkylation sites (tertiary alicyclic amines) is 1. The van der Waals surface area contributed by atoms with Crippen molar-refractivity contribution in [3.8, 4) is 0 Å². The average Bonchev–Trinajstić information content (AvgIpc) is 3.55. The zero-order valence-electron chi connectivity index (χ0n) is 19.3. The molecule has 4 heterocycles. The first-order chi connectivity index (χ1) is 16.6. The Morgan fingerprint density at radius 2 is 1.94 bits per heavy atom. The fourth-order valence-electron chi connectivity index (χ4n) is 6.46. The van der Waals surface area contributed by atoms with Crippen LogP contribution in [-0.2, 0) is 9.59 Å². The zero-order valence-corrected chi connectivity index (χ0v) is 19.3. The molecular formula is C24H32FN7O2. The number of amides is 2. The number of allylic oxidation sites excluding steroid dienone is 1. The minimum atomic E-state index is -1.12. The van der Waals surface area contributed by atoms with Crippen molar-refractivity contribution in [1.82, 2.24) is 25.8 Å². The number of rotatable bonds is 3. The van der Waals surface area contributed by atoms with Gasteiger partial charge < -0.3 is 16.0 Å². The maximum Gasteiger partial charge on any atom is 0.244 e. The molecule has 0 aromatic heterocycles. The molecule has 182 valence electrons. The number of nitrogens with zero attached hydrogens (tertiary/aromatic N) is 4. The third kappa shape index (κ3) is 3.41. The Bertz CT molecular complexity index is 995. The number of guanidine groups is 1. The van der Waals surface area contributed by atoms with Gasteiger partial charge in [0.25, 0.3) is 0 Å². The van der Waals surface area contributed by atoms with Crippen LogP contribution in [0.25, 0.3) is 0 Å². The lowest BCUT2D eigenvalue weighted by molar-refractivity contribution is -0.144. The van der Waals surface area contributed by atoms with Gasteiger partial charge in [-0.05, 0) is 31.4 Å². The Labute approximate surface area is 198 Å². The molecular weight excluding hydrogens is 437 g/mol. The van der Waals surface area contributed by atoms with Crippen molar-refractivity contribution in [1.29, 1.82) is 0 Å². The lowest BCUT2D eigenvalue weighted by atomic mass is 9.75. The molecule has 2 amide bonds. The van der Waals surface area contributed by atoms with Crippen LogP contribution in [0.5, 0.6) is 0 Å². The molecule has 1 saturated carbocycles. The molecule has 4 fully saturated rings. The van der Waals surface area contributed by atoms with Gasteiger partial charge in [-0.15, -0.1) is 0 Å². The predicted octanol–water partition coefficient (Wildman–Crippen LogP) is 0.317. The van der Waals surface area contributed by atoms with Gasteiger partial charge in [0.15, 0.2) is 0 Å². The maximum absolute atomic E-state index is 15.0. The number of hydrogen-bond donors (Lipinski definition) is 3. The minimum absolute atomic E-state index is 0.0877. The number of halogens is 1. The second-order valence-electron chi connectivity index (χ2n) is 10.1. The van der Waals surface area contributed by atoms with Gasteiger partial charge in [0.05, 0.1) is 18.5 Å². The first-order valence-corrected chi connectivity index (χ1v) is 12.6. The molecule has 0 aromatic carbocycles. The van der Waals surface area contributed by atoms with Gasteiger partial charge >= 0.3 is 0 Å². The number of hydrogen-bond acceptors (Lipinski definition) is 7. The van der Waals surface area contributed by atoms with Crippen molar-refractivity contribution >= 4 is 23.6 Å². The predicted molar refractivity (Wildman–Crippen MR) is 126 cm³/mol. The first-order valence-electron chi connectivity index (χ1n) is 12.6. The Hall–Kier alpha value is -2.59. The number of carbonyl (C=O) groups is 2. The molecule has 0 aromatic rings. The van der Waals surface area contributed by atoms with Crippen LogP contribution in [0.3, 0.4) is 0 Å². The molecule has 4 unspecified atom stereocenters. The Morgan fingerprint density at radius 1 is 1.15 bits per heavy atom. The number of alkyl halides is 1. The molecule has 0 radical (unpaired) electrons. The van der Waals surface area contributed by atoms with Crippen molar-refractivity contribution in [3.05, 3.63) is 23.9 Å². The molecule has 3 saturated heterocycles. The molecule has 9 nitrogen and oxygen atoms in total. The summed E-state index contributed by atoms with van der Waals surface area (Å²) in [4.78, 5) is 39.8. The molecule has 4 atom stereocenters. The molecule has 6 rings (SSSR count). The summed E-state index contributed by atoms with van der Waals surface area (Å²) in [6.07, 6.45) is 8.76. The standard InChI is InChI=1S/C24H32FN7O2/c25-18-13-15(5-6-19(18)31-11-9-26-10-12-31)29-23-28-14-17-20(30-23)32(16-3-1-2-4-16)22(34)24(17)7-8-27-21(24)33/h5-6,13,16-19,26H,1-4,7-12,14H2,(H,27,33)(H,28,29). The molecule has 4 aliphatic heterocycles. The normalized spacial score (nSPS) is 36.4. The van der Waals surface area contributed by atoms with Gasteiger partial charge in [0.2, 0.25) is 17.8 Å². The Balaban J connectivity index is 1.23. The molecule has 6 aliphatic rings. The minimum Gasteiger partial charge on any atom is -0.355 e. The van der Waals surface area contributed by atoms with E-state index in [9.17, 15) is 9.59 Å². The summed E-state index contributed by atoms with van der Waals surface area (Å²) in [6.45, 7) is 4.23. The summed E-state index contributed by atoms with van der Waals surface area (Å²) in [5, 5.41) is 9.33. The highest BCUT2D eigenvalue weighted by Gasteiger charge is 2.65. The summed E-state index contributed by atoms with van der Waals surface area (Å²) in [6, 6.07) is -0.174.